The molecule has 2 amide bonds. The highest BCUT2D eigenvalue weighted by atomic mass is 19.1. The van der Waals surface area contributed by atoms with Crippen molar-refractivity contribution in [2.45, 2.75) is 222 Å². The van der Waals surface area contributed by atoms with E-state index in [4.69, 9.17) is 189 Å². The summed E-state index contributed by atoms with van der Waals surface area (Å²) < 4.78 is 12.4. The fourth-order valence-electron chi connectivity index (χ4n) is 6.20. The second-order valence-corrected chi connectivity index (χ2v) is 26.1. The molecule has 61 heteroatoms. The minimum Gasteiger partial charge on any atom is -0.481 e. The number of halogens is 1. The number of aromatic nitrogens is 2. The Morgan fingerprint density at radius 3 is 0.969 bits per heavy atom. The van der Waals surface area contributed by atoms with Crippen molar-refractivity contribution in [2.24, 2.45) is 126 Å². The van der Waals surface area contributed by atoms with Gasteiger partial charge in [-0.25, -0.2) is 9.37 Å². The normalized spacial score (nSPS) is 14.1. The maximum Gasteiger partial charge on any atom is 0.321 e. The highest BCUT2D eigenvalue weighted by Crippen LogP contribution is 2.23. The lowest BCUT2D eigenvalue weighted by Gasteiger charge is -2.11. The number of nitrogens with zero attached hydrogens (tertiary/aromatic N) is 2. The molecule has 1 aliphatic carbocycles. The Kier molecular flexibility index (Phi) is 96.7. The van der Waals surface area contributed by atoms with Crippen LogP contribution in [-0.4, -0.2) is 325 Å². The molecule has 1 fully saturated rings. The lowest BCUT2D eigenvalue weighted by atomic mass is 10.0. The van der Waals surface area contributed by atoms with Crippen LogP contribution in [0.4, 0.5) is 4.39 Å². The average molecular weight is 1910 g/mol. The number of aliphatic carboxylic acids is 18. The van der Waals surface area contributed by atoms with Crippen LogP contribution in [0.2, 0.25) is 0 Å². The molecule has 758 valence electrons. The van der Waals surface area contributed by atoms with E-state index in [-0.39, 0.29) is 107 Å². The summed E-state index contributed by atoms with van der Waals surface area (Å²) in [6.45, 7) is 8.63. The van der Waals surface area contributed by atoms with Crippen LogP contribution in [0.25, 0.3) is 0 Å². The number of hydrogen-bond acceptors (Lipinski definition) is 37. The minimum atomic E-state index is -1.29. The molecule has 57 N–H and O–H groups in total. The molecule has 131 heavy (non-hydrogen) atoms. The molecule has 1 aliphatic rings. The van der Waals surface area contributed by atoms with E-state index in [2.05, 4.69) is 26.4 Å². The molecule has 3 rings (SSSR count). The molecule has 0 radical (unpaired) electrons. The highest BCUT2D eigenvalue weighted by molar-refractivity contribution is 5.84. The molecule has 2 aromatic rings. The number of amides is 2. The predicted molar refractivity (Wildman–Crippen MR) is 455 cm³/mol. The van der Waals surface area contributed by atoms with Crippen molar-refractivity contribution in [3.8, 4) is 0 Å². The Hall–Kier alpha value is -13.6. The summed E-state index contributed by atoms with van der Waals surface area (Å²) in [7, 11) is 0. The molecular weight excluding hydrogens is 1780 g/mol. The first-order chi connectivity index (χ1) is 59.8. The zero-order valence-electron chi connectivity index (χ0n) is 72.2. The highest BCUT2D eigenvalue weighted by Gasteiger charge is 2.30. The number of carboxylic acids is 18. The van der Waals surface area contributed by atoms with Gasteiger partial charge in [0, 0.05) is 56.3 Å². The maximum atomic E-state index is 12.4. The van der Waals surface area contributed by atoms with E-state index in [1.165, 1.54) is 44.4 Å². The summed E-state index contributed by atoms with van der Waals surface area (Å²) in [5.41, 5.74) is 96.4. The molecule has 0 bridgehead atoms. The summed E-state index contributed by atoms with van der Waals surface area (Å²) in [5, 5.41) is 146. The van der Waals surface area contributed by atoms with Gasteiger partial charge in [0.1, 0.15) is 72.3 Å². The first kappa shape index (κ1) is 143. The van der Waals surface area contributed by atoms with E-state index in [1.807, 2.05) is 13.8 Å². The van der Waals surface area contributed by atoms with Gasteiger partial charge in [0.25, 0.3) is 0 Å². The van der Waals surface area contributed by atoms with Crippen molar-refractivity contribution >= 4 is 125 Å². The number of rotatable bonds is 39. The summed E-state index contributed by atoms with van der Waals surface area (Å²) >= 11 is 0. The van der Waals surface area contributed by atoms with Crippen molar-refractivity contribution < 1.29 is 192 Å². The maximum absolute atomic E-state index is 12.4. The first-order valence-electron chi connectivity index (χ1n) is 37.4. The first-order valence-corrected chi connectivity index (χ1v) is 37.4. The number of hydrogen-bond donors (Lipinski definition) is 38. The quantitative estimate of drug-likeness (QED) is 0.0168. The fraction of sp³-hybridized carbons (Fsp3) is 0.571. The molecular formula is C70H133FN22O38. The predicted octanol–water partition coefficient (Wildman–Crippen LogP) is -9.72. The summed E-state index contributed by atoms with van der Waals surface area (Å²) in [6, 6.07) is -5.24. The summed E-state index contributed by atoms with van der Waals surface area (Å²) in [6.07, 6.45) is 6.57. The van der Waals surface area contributed by atoms with Crippen molar-refractivity contribution in [3.63, 3.8) is 0 Å². The largest absolute Gasteiger partial charge is 0.481 e. The van der Waals surface area contributed by atoms with Gasteiger partial charge >= 0.3 is 107 Å². The average Bonchev–Trinajstić information content (AvgIpc) is 1.79. The molecule has 1 heterocycles. The van der Waals surface area contributed by atoms with Crippen LogP contribution in [0.3, 0.4) is 0 Å². The van der Waals surface area contributed by atoms with Gasteiger partial charge in [-0.3, -0.25) is 101 Å². The van der Waals surface area contributed by atoms with E-state index < -0.39 is 199 Å². The Balaban J connectivity index is -0.000000117. The number of carbonyl (C=O) groups excluding carboxylic acids is 2. The number of carboxylic acid groups (broad SMARTS) is 18. The zero-order chi connectivity index (χ0) is 106. The molecule has 15 atom stereocenters. The summed E-state index contributed by atoms with van der Waals surface area (Å²) in [4.78, 5) is 208. The third-order valence-corrected chi connectivity index (χ3v) is 13.7. The molecule has 60 nitrogen and oxygen atoms in total. The van der Waals surface area contributed by atoms with Gasteiger partial charge in [0.05, 0.1) is 50.9 Å². The van der Waals surface area contributed by atoms with Crippen molar-refractivity contribution in [1.82, 2.24) is 9.97 Å². The van der Waals surface area contributed by atoms with Gasteiger partial charge in [-0.2, -0.15) is 0 Å². The zero-order valence-corrected chi connectivity index (χ0v) is 72.2. The third kappa shape index (κ3) is 118. The molecule has 1 unspecified atom stereocenters. The SMILES string of the molecule is CCC(C)[C@H](N)C(=O)O.C[C@@H](N)C(=O)O.C[C@@H](N)CC(=O)O.C[C@H](N)C(=O)O.NC(=O)CC[C@H](N)C(=O)O.NC(=O)C[C@@H](N)C(=O)O.NC(N)=NCCC[C@H](N)C(=O)O.NCC(=O)O.NCCC(=O)O.N[C@@H](CC(=O)O)C(=O)O.N[C@@H](CC(=O)O)C(=O)O.N[C@@H](Cc1ccc(F)cc1)C(=O)O.N[C@@H](Cc1cnc[nH]1)C(=O)O.N[C@@H]1CCC[C@@H]1C(=O)O.N[C@H](CCC(=O)O)C(=O)O. The number of nitrogens with two attached hydrogens (primary N) is 19. The molecule has 0 saturated heterocycles. The van der Waals surface area contributed by atoms with Crippen LogP contribution in [0.15, 0.2) is 41.8 Å². The molecule has 1 aromatic carbocycles. The van der Waals surface area contributed by atoms with Crippen LogP contribution < -0.4 is 109 Å². The topological polar surface area (TPSA) is 1240 Å². The van der Waals surface area contributed by atoms with Gasteiger partial charge in [-0.15, -0.1) is 0 Å². The number of guanidine groups is 1. The second kappa shape index (κ2) is 88.5. The number of carbonyl (C=O) groups is 20. The standard InChI is InChI=1S/C9H10FNO2.C6H14N4O2.C6H9N3O2.C6H11NO2.C6H13NO2.C5H10N2O3.C5H9NO4.C4H8N2O3.2C4H7NO4.C4H9NO2.3C3H7NO2.C2H5NO2/c10-7-3-1-6(2-4-7)5-8(11)9(12)13;7-4(5(11)12)2-1-3-10-6(8)9;7-5(6(10)11)1-4-2-8-3-9-4;7-5-3-1-2-4(5)6(8)9;1-3-4(2)5(7)6(8)9;2*6-3(5(9)10)1-2-4(7)8;3*5-2(4(8)9)1-3(6)7;1-3(5)2-4(6)7;2*1-2(4)3(5)6;4-2-1-3(5)6;3-1-2(4)5/h1-4,8H,5,11H2,(H,12,13);4H,1-3,7H2,(H,11,12)(H4,8,9,10);2-3,5H,1,7H2,(H,8,9)(H,10,11);4-5H,1-3,7H2,(H,8,9);4-5H,3,7H2,1-2H3,(H,8,9);3H,1-2,6H2,(H2,7,8)(H,9,10);3H,1-2,6H2,(H,7,8)(H,9,10);2H,1,5H2,(H2,6,7)(H,8,9);2*2H,1,5H2,(H,6,7)(H,8,9);3H,2,5H2,1H3,(H,6,7);2*2H,4H2,1H3,(H,5,6);1-2,4H2,(H,5,6);1,3H2,(H,4,5)/t8-;4-;5-;4-,5+;4?,5-;2*3-;3*2-;3-;2*2-;;/m0000001100110../s1. The van der Waals surface area contributed by atoms with Crippen LogP contribution in [-0.2, 0) is 109 Å². The van der Waals surface area contributed by atoms with Crippen LogP contribution in [0, 0.1) is 17.7 Å². The van der Waals surface area contributed by atoms with Crippen LogP contribution in [0.5, 0.6) is 0 Å². The number of primary amides is 2. The monoisotopic (exact) mass is 1910 g/mol. The molecule has 1 aromatic heterocycles. The van der Waals surface area contributed by atoms with Crippen LogP contribution in [0.1, 0.15) is 142 Å². The lowest BCUT2D eigenvalue weighted by Crippen LogP contribution is -2.36. The smallest absolute Gasteiger partial charge is 0.321 e. The number of nitrogens with one attached hydrogen (secondary N) is 1. The Labute approximate surface area is 746 Å². The second-order valence-electron chi connectivity index (χ2n) is 26.1. The Bertz CT molecular complexity index is 3540. The molecule has 1 saturated carbocycles. The Morgan fingerprint density at radius 2 is 0.771 bits per heavy atom. The molecule has 0 aliphatic heterocycles. The van der Waals surface area contributed by atoms with E-state index in [0.717, 1.165) is 36.9 Å². The minimum absolute atomic E-state index is 0.0129. The lowest BCUT2D eigenvalue weighted by molar-refractivity contribution is -0.144. The number of H-pyrrole nitrogens is 1. The fourth-order valence-corrected chi connectivity index (χ4v) is 6.20. The van der Waals surface area contributed by atoms with Crippen molar-refractivity contribution in [1.29, 1.82) is 0 Å². The summed E-state index contributed by atoms with van der Waals surface area (Å²) in [5.74, 6) is -20.5. The van der Waals surface area contributed by atoms with Gasteiger partial charge in [-0.1, -0.05) is 38.8 Å². The van der Waals surface area contributed by atoms with Crippen LogP contribution >= 0.6 is 0 Å². The number of aliphatic imine (C=N–C) groups is 1. The number of imidazole rings is 1. The number of benzene rings is 1. The number of aromatic amines is 1. The molecule has 0 spiro atoms. The van der Waals surface area contributed by atoms with Gasteiger partial charge in [-0.05, 0) is 89.3 Å². The van der Waals surface area contributed by atoms with Gasteiger partial charge in [0.2, 0.25) is 11.8 Å². The van der Waals surface area contributed by atoms with Gasteiger partial charge in [0.15, 0.2) is 5.96 Å². The van der Waals surface area contributed by atoms with E-state index >= 15 is 0 Å². The van der Waals surface area contributed by atoms with E-state index in [1.54, 1.807) is 13.1 Å². The third-order valence-electron chi connectivity index (χ3n) is 13.7. The van der Waals surface area contributed by atoms with Crippen molar-refractivity contribution in [2.75, 3.05) is 19.6 Å². The van der Waals surface area contributed by atoms with E-state index in [0.29, 0.717) is 19.4 Å². The van der Waals surface area contributed by atoms with E-state index in [9.17, 15) is 100 Å². The van der Waals surface area contributed by atoms with Gasteiger partial charge < -0.3 is 206 Å². The Morgan fingerprint density at radius 1 is 0.427 bits per heavy atom. The van der Waals surface area contributed by atoms with Crippen molar-refractivity contribution in [3.05, 3.63) is 53.9 Å².